The third kappa shape index (κ3) is 3.77. The SMILES string of the molecule is CCN1CCC(N(C)Cc2ccnc(C(=O)O)c2)CC1. The summed E-state index contributed by atoms with van der Waals surface area (Å²) >= 11 is 0. The number of pyridine rings is 1. The van der Waals surface area contributed by atoms with Crippen LogP contribution in [0.1, 0.15) is 35.8 Å². The highest BCUT2D eigenvalue weighted by Crippen LogP contribution is 2.17. The number of carboxylic acid groups (broad SMARTS) is 1. The summed E-state index contributed by atoms with van der Waals surface area (Å²) in [5, 5.41) is 8.97. The monoisotopic (exact) mass is 277 g/mol. The number of carboxylic acids is 1. The fourth-order valence-electron chi connectivity index (χ4n) is 2.78. The quantitative estimate of drug-likeness (QED) is 0.887. The average Bonchev–Trinajstić information content (AvgIpc) is 2.47. The number of hydrogen-bond donors (Lipinski definition) is 1. The second-order valence-corrected chi connectivity index (χ2v) is 5.44. The first-order valence-corrected chi connectivity index (χ1v) is 7.21. The van der Waals surface area contributed by atoms with Crippen molar-refractivity contribution in [2.45, 2.75) is 32.4 Å². The van der Waals surface area contributed by atoms with Gasteiger partial charge in [-0.05, 0) is 57.2 Å². The molecule has 0 saturated carbocycles. The van der Waals surface area contributed by atoms with Crippen LogP contribution >= 0.6 is 0 Å². The zero-order valence-electron chi connectivity index (χ0n) is 12.2. The van der Waals surface area contributed by atoms with Gasteiger partial charge in [0, 0.05) is 18.8 Å². The molecule has 1 N–H and O–H groups in total. The molecule has 0 aromatic carbocycles. The van der Waals surface area contributed by atoms with Crippen molar-refractivity contribution < 1.29 is 9.90 Å². The number of aromatic nitrogens is 1. The summed E-state index contributed by atoms with van der Waals surface area (Å²) in [5.74, 6) is -0.967. The standard InChI is InChI=1S/C15H23N3O2/c1-3-18-8-5-13(6-9-18)17(2)11-12-4-7-16-14(10-12)15(19)20/h4,7,10,13H,3,5-6,8-9,11H2,1-2H3,(H,19,20). The highest BCUT2D eigenvalue weighted by atomic mass is 16.4. The highest BCUT2D eigenvalue weighted by molar-refractivity contribution is 5.85. The Kier molecular flexibility index (Phi) is 5.09. The summed E-state index contributed by atoms with van der Waals surface area (Å²) in [6.07, 6.45) is 3.94. The van der Waals surface area contributed by atoms with E-state index in [1.807, 2.05) is 6.07 Å². The summed E-state index contributed by atoms with van der Waals surface area (Å²) < 4.78 is 0. The van der Waals surface area contributed by atoms with Crippen molar-refractivity contribution in [1.82, 2.24) is 14.8 Å². The van der Waals surface area contributed by atoms with Crippen LogP contribution in [0.4, 0.5) is 0 Å². The Balaban J connectivity index is 1.93. The van der Waals surface area contributed by atoms with Gasteiger partial charge < -0.3 is 10.0 Å². The molecule has 0 amide bonds. The smallest absolute Gasteiger partial charge is 0.354 e. The number of rotatable bonds is 5. The number of aromatic carboxylic acids is 1. The van der Waals surface area contributed by atoms with Gasteiger partial charge in [0.2, 0.25) is 0 Å². The van der Waals surface area contributed by atoms with Crippen LogP contribution in [0.3, 0.4) is 0 Å². The third-order valence-corrected chi connectivity index (χ3v) is 4.10. The van der Waals surface area contributed by atoms with E-state index in [2.05, 4.69) is 28.8 Å². The first-order chi connectivity index (χ1) is 9.60. The van der Waals surface area contributed by atoms with Crippen LogP contribution in [0, 0.1) is 0 Å². The fourth-order valence-corrected chi connectivity index (χ4v) is 2.78. The molecule has 5 nitrogen and oxygen atoms in total. The second kappa shape index (κ2) is 6.81. The Morgan fingerprint density at radius 2 is 2.20 bits per heavy atom. The minimum absolute atomic E-state index is 0.122. The van der Waals surface area contributed by atoms with E-state index in [1.54, 1.807) is 12.3 Å². The zero-order chi connectivity index (χ0) is 14.5. The molecule has 1 aromatic rings. The largest absolute Gasteiger partial charge is 0.477 e. The molecule has 0 unspecified atom stereocenters. The lowest BCUT2D eigenvalue weighted by Crippen LogP contribution is -2.42. The molecule has 5 heteroatoms. The lowest BCUT2D eigenvalue weighted by Gasteiger charge is -2.36. The van der Waals surface area contributed by atoms with Crippen LogP contribution in [0.15, 0.2) is 18.3 Å². The first kappa shape index (κ1) is 14.9. The van der Waals surface area contributed by atoms with E-state index in [9.17, 15) is 4.79 Å². The van der Waals surface area contributed by atoms with Crippen LogP contribution in [-0.4, -0.2) is 58.6 Å². The van der Waals surface area contributed by atoms with Crippen molar-refractivity contribution in [3.05, 3.63) is 29.6 Å². The minimum Gasteiger partial charge on any atom is -0.477 e. The highest BCUT2D eigenvalue weighted by Gasteiger charge is 2.21. The maximum atomic E-state index is 10.9. The Hall–Kier alpha value is -1.46. The van der Waals surface area contributed by atoms with Gasteiger partial charge in [-0.1, -0.05) is 6.92 Å². The maximum Gasteiger partial charge on any atom is 0.354 e. The van der Waals surface area contributed by atoms with Gasteiger partial charge in [-0.2, -0.15) is 0 Å². The summed E-state index contributed by atoms with van der Waals surface area (Å²) in [7, 11) is 2.12. The van der Waals surface area contributed by atoms with Crippen molar-refractivity contribution in [2.24, 2.45) is 0 Å². The number of likely N-dealkylation sites (tertiary alicyclic amines) is 1. The van der Waals surface area contributed by atoms with Gasteiger partial charge in [0.15, 0.2) is 0 Å². The lowest BCUT2D eigenvalue weighted by molar-refractivity contribution is 0.0690. The molecule has 0 spiro atoms. The molecule has 110 valence electrons. The molecule has 0 aliphatic carbocycles. The zero-order valence-corrected chi connectivity index (χ0v) is 12.2. The van der Waals surface area contributed by atoms with Gasteiger partial charge in [-0.3, -0.25) is 4.90 Å². The first-order valence-electron chi connectivity index (χ1n) is 7.21. The van der Waals surface area contributed by atoms with Gasteiger partial charge in [0.25, 0.3) is 0 Å². The molecular weight excluding hydrogens is 254 g/mol. The molecular formula is C15H23N3O2. The molecule has 1 aliphatic heterocycles. The Labute approximate surface area is 120 Å². The van der Waals surface area contributed by atoms with Crippen LogP contribution in [0.2, 0.25) is 0 Å². The van der Waals surface area contributed by atoms with Crippen molar-refractivity contribution in [1.29, 1.82) is 0 Å². The van der Waals surface area contributed by atoms with Gasteiger partial charge in [-0.15, -0.1) is 0 Å². The number of piperidine rings is 1. The molecule has 0 atom stereocenters. The van der Waals surface area contributed by atoms with Crippen LogP contribution in [0.5, 0.6) is 0 Å². The topological polar surface area (TPSA) is 56.7 Å². The molecule has 1 fully saturated rings. The van der Waals surface area contributed by atoms with E-state index >= 15 is 0 Å². The molecule has 1 aliphatic rings. The summed E-state index contributed by atoms with van der Waals surface area (Å²) in [4.78, 5) is 19.6. The molecule has 1 aromatic heterocycles. The molecule has 20 heavy (non-hydrogen) atoms. The van der Waals surface area contributed by atoms with Crippen molar-refractivity contribution >= 4 is 5.97 Å². The van der Waals surface area contributed by atoms with Crippen LogP contribution in [-0.2, 0) is 6.54 Å². The predicted molar refractivity (Wildman–Crippen MR) is 77.8 cm³/mol. The normalized spacial score (nSPS) is 17.6. The summed E-state index contributed by atoms with van der Waals surface area (Å²) in [6.45, 7) is 6.42. The Morgan fingerprint density at radius 3 is 2.80 bits per heavy atom. The number of nitrogens with zero attached hydrogens (tertiary/aromatic N) is 3. The van der Waals surface area contributed by atoms with Gasteiger partial charge in [0.1, 0.15) is 5.69 Å². The van der Waals surface area contributed by atoms with E-state index in [1.165, 1.54) is 12.8 Å². The minimum atomic E-state index is -0.967. The molecule has 0 radical (unpaired) electrons. The molecule has 0 bridgehead atoms. The molecule has 2 rings (SSSR count). The lowest BCUT2D eigenvalue weighted by atomic mass is 10.0. The average molecular weight is 277 g/mol. The van der Waals surface area contributed by atoms with E-state index in [0.29, 0.717) is 6.04 Å². The summed E-state index contributed by atoms with van der Waals surface area (Å²) in [5.41, 5.74) is 1.13. The van der Waals surface area contributed by atoms with Crippen LogP contribution in [0.25, 0.3) is 0 Å². The van der Waals surface area contributed by atoms with Gasteiger partial charge in [0.05, 0.1) is 0 Å². The van der Waals surface area contributed by atoms with Crippen molar-refractivity contribution in [2.75, 3.05) is 26.7 Å². The van der Waals surface area contributed by atoms with Gasteiger partial charge >= 0.3 is 5.97 Å². The molecule has 2 heterocycles. The van der Waals surface area contributed by atoms with E-state index in [-0.39, 0.29) is 5.69 Å². The van der Waals surface area contributed by atoms with Crippen LogP contribution < -0.4 is 0 Å². The number of hydrogen-bond acceptors (Lipinski definition) is 4. The maximum absolute atomic E-state index is 10.9. The Morgan fingerprint density at radius 1 is 1.50 bits per heavy atom. The summed E-state index contributed by atoms with van der Waals surface area (Å²) in [6, 6.07) is 4.14. The van der Waals surface area contributed by atoms with E-state index in [4.69, 9.17) is 5.11 Å². The van der Waals surface area contributed by atoms with Gasteiger partial charge in [-0.25, -0.2) is 9.78 Å². The third-order valence-electron chi connectivity index (χ3n) is 4.10. The van der Waals surface area contributed by atoms with Crippen molar-refractivity contribution in [3.63, 3.8) is 0 Å². The van der Waals surface area contributed by atoms with Crippen molar-refractivity contribution in [3.8, 4) is 0 Å². The van der Waals surface area contributed by atoms with E-state index in [0.717, 1.165) is 31.7 Å². The fraction of sp³-hybridized carbons (Fsp3) is 0.600. The Bertz CT molecular complexity index is 456. The van der Waals surface area contributed by atoms with E-state index < -0.39 is 5.97 Å². The second-order valence-electron chi connectivity index (χ2n) is 5.44. The predicted octanol–water partition coefficient (Wildman–Crippen LogP) is 1.70. The number of carbonyl (C=O) groups is 1. The molecule has 1 saturated heterocycles.